The third kappa shape index (κ3) is 6.08. The molecule has 0 aliphatic carbocycles. The maximum atomic E-state index is 14.8. The summed E-state index contributed by atoms with van der Waals surface area (Å²) in [5, 5.41) is 0. The molecule has 6 heteroatoms. The second kappa shape index (κ2) is 11.4. The standard InChI is InChI=1S/C31H26F4O2/c1-3-7-25-26(32)17-24(18-27(25)33)37-31(36)30-28(34)15-23(16-29(30)35)22-12-10-20(11-13-22)14-19(2)21-8-5-4-6-9-21/h4-6,8-13,15-19H,3,7,14H2,1-2H3/t19-/m0/s1. The molecule has 0 aliphatic heterocycles. The number of benzene rings is 4. The Labute approximate surface area is 213 Å². The van der Waals surface area contributed by atoms with Gasteiger partial charge in [0.05, 0.1) is 0 Å². The largest absolute Gasteiger partial charge is 0.423 e. The lowest BCUT2D eigenvalue weighted by Crippen LogP contribution is -2.14. The fraction of sp³-hybridized carbons (Fsp3) is 0.194. The zero-order valence-electron chi connectivity index (χ0n) is 20.5. The van der Waals surface area contributed by atoms with Gasteiger partial charge in [-0.25, -0.2) is 22.4 Å². The van der Waals surface area contributed by atoms with Gasteiger partial charge in [-0.15, -0.1) is 0 Å². The Morgan fingerprint density at radius 3 is 1.95 bits per heavy atom. The van der Waals surface area contributed by atoms with E-state index in [0.717, 1.165) is 36.2 Å². The molecule has 4 aromatic carbocycles. The molecule has 4 aromatic rings. The minimum atomic E-state index is -1.38. The summed E-state index contributed by atoms with van der Waals surface area (Å²) in [5.74, 6) is -5.59. The summed E-state index contributed by atoms with van der Waals surface area (Å²) in [6.07, 6.45) is 1.49. The number of carbonyl (C=O) groups excluding carboxylic acids is 1. The molecule has 0 fully saturated rings. The van der Waals surface area contributed by atoms with Crippen molar-refractivity contribution in [3.63, 3.8) is 0 Å². The molecule has 2 nitrogen and oxygen atoms in total. The zero-order valence-corrected chi connectivity index (χ0v) is 20.5. The van der Waals surface area contributed by atoms with Crippen molar-refractivity contribution in [2.24, 2.45) is 0 Å². The number of hydrogen-bond donors (Lipinski definition) is 0. The summed E-state index contributed by atoms with van der Waals surface area (Å²) in [5.41, 5.74) is 2.05. The highest BCUT2D eigenvalue weighted by atomic mass is 19.1. The van der Waals surface area contributed by atoms with Crippen molar-refractivity contribution in [2.45, 2.75) is 39.0 Å². The van der Waals surface area contributed by atoms with Gasteiger partial charge < -0.3 is 4.74 Å². The van der Waals surface area contributed by atoms with Crippen molar-refractivity contribution in [2.75, 3.05) is 0 Å². The van der Waals surface area contributed by atoms with E-state index in [9.17, 15) is 22.4 Å². The van der Waals surface area contributed by atoms with Crippen molar-refractivity contribution in [3.05, 3.63) is 124 Å². The molecule has 0 unspecified atom stereocenters. The van der Waals surface area contributed by atoms with Crippen molar-refractivity contribution >= 4 is 5.97 Å². The number of hydrogen-bond acceptors (Lipinski definition) is 2. The summed E-state index contributed by atoms with van der Waals surface area (Å²) < 4.78 is 62.8. The lowest BCUT2D eigenvalue weighted by atomic mass is 9.93. The smallest absolute Gasteiger partial charge is 0.349 e. The number of esters is 1. The average molecular weight is 507 g/mol. The van der Waals surface area contributed by atoms with Crippen molar-refractivity contribution in [1.82, 2.24) is 0 Å². The average Bonchev–Trinajstić information content (AvgIpc) is 2.86. The highest BCUT2D eigenvalue weighted by Crippen LogP contribution is 2.28. The molecule has 0 heterocycles. The van der Waals surface area contributed by atoms with Gasteiger partial charge in [0, 0.05) is 17.7 Å². The van der Waals surface area contributed by atoms with Crippen LogP contribution < -0.4 is 4.74 Å². The van der Waals surface area contributed by atoms with Crippen LogP contribution in [0.15, 0.2) is 78.9 Å². The molecule has 0 saturated carbocycles. The first kappa shape index (κ1) is 26.1. The number of ether oxygens (including phenoxy) is 1. The van der Waals surface area contributed by atoms with E-state index in [2.05, 4.69) is 19.1 Å². The van der Waals surface area contributed by atoms with Gasteiger partial charge in [0.2, 0.25) is 0 Å². The monoisotopic (exact) mass is 506 g/mol. The molecule has 0 spiro atoms. The highest BCUT2D eigenvalue weighted by molar-refractivity contribution is 5.92. The Morgan fingerprint density at radius 2 is 1.38 bits per heavy atom. The number of halogens is 4. The quantitative estimate of drug-likeness (QED) is 0.136. The van der Waals surface area contributed by atoms with Gasteiger partial charge >= 0.3 is 5.97 Å². The van der Waals surface area contributed by atoms with Gasteiger partial charge in [0.15, 0.2) is 0 Å². The summed E-state index contributed by atoms with van der Waals surface area (Å²) in [7, 11) is 0. The summed E-state index contributed by atoms with van der Waals surface area (Å²) in [6, 6.07) is 21.2. The Morgan fingerprint density at radius 1 is 0.784 bits per heavy atom. The van der Waals surface area contributed by atoms with Crippen LogP contribution >= 0.6 is 0 Å². The molecule has 0 saturated heterocycles. The van der Waals surface area contributed by atoms with E-state index in [0.29, 0.717) is 17.9 Å². The third-order valence-corrected chi connectivity index (χ3v) is 6.27. The topological polar surface area (TPSA) is 26.3 Å². The van der Waals surface area contributed by atoms with Crippen LogP contribution in [0, 0.1) is 23.3 Å². The van der Waals surface area contributed by atoms with Crippen LogP contribution in [0.25, 0.3) is 11.1 Å². The van der Waals surface area contributed by atoms with E-state index in [1.54, 1.807) is 19.1 Å². The van der Waals surface area contributed by atoms with Gasteiger partial charge in [-0.05, 0) is 53.1 Å². The molecular weight excluding hydrogens is 480 g/mol. The molecular formula is C31H26F4O2. The van der Waals surface area contributed by atoms with Crippen molar-refractivity contribution < 1.29 is 27.1 Å². The molecule has 190 valence electrons. The Hall–Kier alpha value is -3.93. The second-order valence-corrected chi connectivity index (χ2v) is 9.03. The van der Waals surface area contributed by atoms with E-state index >= 15 is 0 Å². The normalized spacial score (nSPS) is 11.8. The van der Waals surface area contributed by atoms with Gasteiger partial charge in [0.1, 0.15) is 34.6 Å². The molecule has 0 N–H and O–H groups in total. The van der Waals surface area contributed by atoms with Crippen LogP contribution in [0.3, 0.4) is 0 Å². The fourth-order valence-corrected chi connectivity index (χ4v) is 4.31. The summed E-state index contributed by atoms with van der Waals surface area (Å²) >= 11 is 0. The van der Waals surface area contributed by atoms with E-state index < -0.39 is 40.6 Å². The molecule has 0 aliphatic rings. The van der Waals surface area contributed by atoms with Gasteiger partial charge in [-0.1, -0.05) is 74.9 Å². The molecule has 0 radical (unpaired) electrons. The lowest BCUT2D eigenvalue weighted by Gasteiger charge is -2.13. The molecule has 0 bridgehead atoms. The highest BCUT2D eigenvalue weighted by Gasteiger charge is 2.22. The van der Waals surface area contributed by atoms with Crippen LogP contribution in [0.5, 0.6) is 5.75 Å². The SMILES string of the molecule is CCCc1c(F)cc(OC(=O)c2c(F)cc(-c3ccc(C[C@H](C)c4ccccc4)cc3)cc2F)cc1F. The maximum absolute atomic E-state index is 14.8. The second-order valence-electron chi connectivity index (χ2n) is 9.03. The van der Waals surface area contributed by atoms with Gasteiger partial charge in [0.25, 0.3) is 0 Å². The van der Waals surface area contributed by atoms with E-state index in [-0.39, 0.29) is 17.5 Å². The van der Waals surface area contributed by atoms with Crippen molar-refractivity contribution in [3.8, 4) is 16.9 Å². The molecule has 37 heavy (non-hydrogen) atoms. The van der Waals surface area contributed by atoms with Crippen LogP contribution in [-0.2, 0) is 12.8 Å². The predicted molar refractivity (Wildman–Crippen MR) is 136 cm³/mol. The predicted octanol–water partition coefficient (Wildman–Crippen LogP) is 8.43. The third-order valence-electron chi connectivity index (χ3n) is 6.27. The van der Waals surface area contributed by atoms with Crippen LogP contribution in [0.2, 0.25) is 0 Å². The van der Waals surface area contributed by atoms with E-state index in [4.69, 9.17) is 4.74 Å². The number of rotatable bonds is 8. The van der Waals surface area contributed by atoms with Crippen LogP contribution in [0.4, 0.5) is 17.6 Å². The van der Waals surface area contributed by atoms with Crippen molar-refractivity contribution in [1.29, 1.82) is 0 Å². The first-order valence-corrected chi connectivity index (χ1v) is 12.1. The zero-order chi connectivity index (χ0) is 26.5. The minimum Gasteiger partial charge on any atom is -0.423 e. The molecule has 0 aromatic heterocycles. The fourth-order valence-electron chi connectivity index (χ4n) is 4.31. The lowest BCUT2D eigenvalue weighted by molar-refractivity contribution is 0.0723. The van der Waals surface area contributed by atoms with Gasteiger partial charge in [-0.3, -0.25) is 0 Å². The minimum absolute atomic E-state index is 0.135. The first-order valence-electron chi connectivity index (χ1n) is 12.1. The Kier molecular flexibility index (Phi) is 8.07. The first-order chi connectivity index (χ1) is 17.8. The van der Waals surface area contributed by atoms with Crippen LogP contribution in [-0.4, -0.2) is 5.97 Å². The Bertz CT molecular complexity index is 1350. The van der Waals surface area contributed by atoms with Gasteiger partial charge in [-0.2, -0.15) is 0 Å². The van der Waals surface area contributed by atoms with Crippen LogP contribution in [0.1, 0.15) is 53.2 Å². The summed E-state index contributed by atoms with van der Waals surface area (Å²) in [6.45, 7) is 3.90. The number of carbonyl (C=O) groups is 1. The Balaban J connectivity index is 1.50. The summed E-state index contributed by atoms with van der Waals surface area (Å²) in [4.78, 5) is 12.5. The molecule has 1 atom stereocenters. The molecule has 4 rings (SSSR count). The van der Waals surface area contributed by atoms with E-state index in [1.165, 1.54) is 5.56 Å². The maximum Gasteiger partial charge on any atom is 0.349 e. The molecule has 0 amide bonds. The van der Waals surface area contributed by atoms with E-state index in [1.807, 2.05) is 30.3 Å².